The average molecular weight is 116 g/mol. The van der Waals surface area contributed by atoms with Crippen LogP contribution in [0.4, 0.5) is 0 Å². The minimum Gasteiger partial charge on any atom is -0.258 e. The molecule has 0 amide bonds. The lowest BCUT2D eigenvalue weighted by Gasteiger charge is -2.01. The molecule has 0 saturated carbocycles. The Labute approximate surface area is 47.5 Å². The standard InChI is InChI=1S/C4H8N2S/c1-4-2-6(5)7-3-4/h3H,2,5H2,1H3. The van der Waals surface area contributed by atoms with Gasteiger partial charge in [-0.1, -0.05) is 0 Å². The van der Waals surface area contributed by atoms with Crippen LogP contribution in [0.2, 0.25) is 0 Å². The van der Waals surface area contributed by atoms with E-state index in [9.17, 15) is 0 Å². The van der Waals surface area contributed by atoms with E-state index < -0.39 is 0 Å². The first kappa shape index (κ1) is 5.15. The van der Waals surface area contributed by atoms with Gasteiger partial charge in [0.15, 0.2) is 0 Å². The summed E-state index contributed by atoms with van der Waals surface area (Å²) < 4.78 is 1.70. The maximum atomic E-state index is 5.37. The van der Waals surface area contributed by atoms with E-state index in [1.54, 1.807) is 16.4 Å². The highest BCUT2D eigenvalue weighted by molar-refractivity contribution is 8.00. The predicted molar refractivity (Wildman–Crippen MR) is 32.2 cm³/mol. The van der Waals surface area contributed by atoms with Crippen molar-refractivity contribution >= 4 is 11.9 Å². The van der Waals surface area contributed by atoms with E-state index in [1.807, 2.05) is 0 Å². The van der Waals surface area contributed by atoms with Gasteiger partial charge in [0.05, 0.1) is 0 Å². The molecule has 0 spiro atoms. The molecule has 0 unspecified atom stereocenters. The van der Waals surface area contributed by atoms with Crippen LogP contribution in [0.5, 0.6) is 0 Å². The molecule has 0 bridgehead atoms. The molecule has 2 nitrogen and oxygen atoms in total. The smallest absolute Gasteiger partial charge is 0.0462 e. The third kappa shape index (κ3) is 1.19. The largest absolute Gasteiger partial charge is 0.258 e. The fourth-order valence-electron chi connectivity index (χ4n) is 0.478. The second kappa shape index (κ2) is 1.86. The molecule has 0 atom stereocenters. The Bertz CT molecular complexity index is 99.9. The fourth-order valence-corrected chi connectivity index (χ4v) is 1.15. The first-order valence-corrected chi connectivity index (χ1v) is 2.97. The Balaban J connectivity index is 2.42. The van der Waals surface area contributed by atoms with Gasteiger partial charge in [-0.3, -0.25) is 5.84 Å². The van der Waals surface area contributed by atoms with Gasteiger partial charge in [-0.05, 0) is 29.9 Å². The van der Waals surface area contributed by atoms with Crippen molar-refractivity contribution in [2.75, 3.05) is 6.54 Å². The summed E-state index contributed by atoms with van der Waals surface area (Å²) in [5, 5.41) is 2.06. The Kier molecular flexibility index (Phi) is 1.37. The van der Waals surface area contributed by atoms with Gasteiger partial charge in [0.25, 0.3) is 0 Å². The van der Waals surface area contributed by atoms with Gasteiger partial charge in [-0.25, -0.2) is 0 Å². The number of nitrogens with zero attached hydrogens (tertiary/aromatic N) is 1. The first-order chi connectivity index (χ1) is 3.29. The molecule has 0 aromatic rings. The molecular formula is C4H8N2S. The van der Waals surface area contributed by atoms with E-state index in [0.717, 1.165) is 6.54 Å². The Morgan fingerprint density at radius 2 is 2.71 bits per heavy atom. The number of rotatable bonds is 0. The zero-order valence-electron chi connectivity index (χ0n) is 4.22. The minimum atomic E-state index is 0.907. The van der Waals surface area contributed by atoms with Gasteiger partial charge < -0.3 is 0 Å². The van der Waals surface area contributed by atoms with Gasteiger partial charge in [-0.2, -0.15) is 4.41 Å². The van der Waals surface area contributed by atoms with Crippen LogP contribution in [-0.4, -0.2) is 11.0 Å². The molecule has 0 saturated heterocycles. The minimum absolute atomic E-state index is 0.907. The molecule has 1 aliphatic rings. The molecule has 0 radical (unpaired) electrons. The van der Waals surface area contributed by atoms with Crippen LogP contribution < -0.4 is 5.84 Å². The monoisotopic (exact) mass is 116 g/mol. The molecule has 1 rings (SSSR count). The van der Waals surface area contributed by atoms with E-state index in [2.05, 4.69) is 12.3 Å². The van der Waals surface area contributed by atoms with E-state index in [0.29, 0.717) is 0 Å². The SMILES string of the molecule is CC1=CSN(N)C1. The van der Waals surface area contributed by atoms with Crippen molar-refractivity contribution < 1.29 is 0 Å². The van der Waals surface area contributed by atoms with Gasteiger partial charge in [-0.15, -0.1) is 0 Å². The summed E-state index contributed by atoms with van der Waals surface area (Å²) in [6, 6.07) is 0. The summed E-state index contributed by atoms with van der Waals surface area (Å²) in [4.78, 5) is 0. The molecule has 0 aromatic heterocycles. The van der Waals surface area contributed by atoms with E-state index >= 15 is 0 Å². The summed E-state index contributed by atoms with van der Waals surface area (Å²) in [6.07, 6.45) is 0. The molecule has 1 heterocycles. The highest BCUT2D eigenvalue weighted by Crippen LogP contribution is 2.18. The second-order valence-electron chi connectivity index (χ2n) is 1.64. The predicted octanol–water partition coefficient (Wildman–Crippen LogP) is 0.728. The lowest BCUT2D eigenvalue weighted by Crippen LogP contribution is -2.20. The molecule has 7 heavy (non-hydrogen) atoms. The van der Waals surface area contributed by atoms with Crippen molar-refractivity contribution in [3.63, 3.8) is 0 Å². The molecule has 3 heteroatoms. The lowest BCUT2D eigenvalue weighted by atomic mass is 10.4. The maximum absolute atomic E-state index is 5.37. The molecule has 1 aliphatic heterocycles. The van der Waals surface area contributed by atoms with Gasteiger partial charge in [0.1, 0.15) is 0 Å². The molecule has 0 aliphatic carbocycles. The third-order valence-corrected chi connectivity index (χ3v) is 1.70. The average Bonchev–Trinajstić information content (AvgIpc) is 1.87. The van der Waals surface area contributed by atoms with Crippen LogP contribution in [0.15, 0.2) is 11.0 Å². The quantitative estimate of drug-likeness (QED) is 0.373. The van der Waals surface area contributed by atoms with Crippen molar-refractivity contribution in [1.82, 2.24) is 4.41 Å². The number of hydrazine groups is 1. The zero-order chi connectivity index (χ0) is 5.28. The molecule has 40 valence electrons. The highest BCUT2D eigenvalue weighted by Gasteiger charge is 2.04. The van der Waals surface area contributed by atoms with E-state index in [1.165, 1.54) is 5.57 Å². The summed E-state index contributed by atoms with van der Waals surface area (Å²) >= 11 is 1.55. The molecular weight excluding hydrogens is 108 g/mol. The Morgan fingerprint density at radius 3 is 2.86 bits per heavy atom. The van der Waals surface area contributed by atoms with Crippen molar-refractivity contribution in [3.8, 4) is 0 Å². The van der Waals surface area contributed by atoms with Crippen molar-refractivity contribution in [2.45, 2.75) is 6.92 Å². The van der Waals surface area contributed by atoms with Crippen LogP contribution >= 0.6 is 11.9 Å². The van der Waals surface area contributed by atoms with Crippen molar-refractivity contribution in [3.05, 3.63) is 11.0 Å². The van der Waals surface area contributed by atoms with Crippen molar-refractivity contribution in [2.24, 2.45) is 5.84 Å². The van der Waals surface area contributed by atoms with Crippen LogP contribution in [0.25, 0.3) is 0 Å². The van der Waals surface area contributed by atoms with Crippen LogP contribution in [0, 0.1) is 0 Å². The summed E-state index contributed by atoms with van der Waals surface area (Å²) in [6.45, 7) is 2.98. The second-order valence-corrected chi connectivity index (χ2v) is 2.56. The zero-order valence-corrected chi connectivity index (χ0v) is 5.03. The third-order valence-electron chi connectivity index (χ3n) is 0.795. The number of nitrogens with two attached hydrogens (primary N) is 1. The normalized spacial score (nSPS) is 22.9. The van der Waals surface area contributed by atoms with Crippen LogP contribution in [-0.2, 0) is 0 Å². The molecule has 0 fully saturated rings. The number of hydrogen-bond acceptors (Lipinski definition) is 3. The highest BCUT2D eigenvalue weighted by atomic mass is 32.2. The van der Waals surface area contributed by atoms with Gasteiger partial charge >= 0.3 is 0 Å². The number of hydrogen-bond donors (Lipinski definition) is 1. The van der Waals surface area contributed by atoms with Crippen LogP contribution in [0.3, 0.4) is 0 Å². The Hall–Kier alpha value is 0.01000. The topological polar surface area (TPSA) is 29.3 Å². The van der Waals surface area contributed by atoms with Gasteiger partial charge in [0, 0.05) is 6.54 Å². The summed E-state index contributed by atoms with van der Waals surface area (Å²) in [7, 11) is 0. The first-order valence-electron chi connectivity index (χ1n) is 2.13. The fraction of sp³-hybridized carbons (Fsp3) is 0.500. The summed E-state index contributed by atoms with van der Waals surface area (Å²) in [5.74, 6) is 5.37. The Morgan fingerprint density at radius 1 is 2.00 bits per heavy atom. The molecule has 2 N–H and O–H groups in total. The summed E-state index contributed by atoms with van der Waals surface area (Å²) in [5.41, 5.74) is 1.34. The maximum Gasteiger partial charge on any atom is 0.0462 e. The molecule has 0 aromatic carbocycles. The van der Waals surface area contributed by atoms with Gasteiger partial charge in [0.2, 0.25) is 0 Å². The van der Waals surface area contributed by atoms with Crippen molar-refractivity contribution in [1.29, 1.82) is 0 Å². The lowest BCUT2D eigenvalue weighted by molar-refractivity contribution is 0.554. The van der Waals surface area contributed by atoms with E-state index in [4.69, 9.17) is 5.84 Å². The van der Waals surface area contributed by atoms with Crippen LogP contribution in [0.1, 0.15) is 6.92 Å². The van der Waals surface area contributed by atoms with E-state index in [-0.39, 0.29) is 0 Å².